The zero-order valence-corrected chi connectivity index (χ0v) is 16.4. The van der Waals surface area contributed by atoms with Crippen LogP contribution in [0.15, 0.2) is 29.3 Å². The maximum Gasteiger partial charge on any atom is 0.191 e. The summed E-state index contributed by atoms with van der Waals surface area (Å²) in [7, 11) is 1.73. The Kier molecular flexibility index (Phi) is 9.94. The Labute approximate surface area is 161 Å². The van der Waals surface area contributed by atoms with Crippen LogP contribution in [0.2, 0.25) is 0 Å². The van der Waals surface area contributed by atoms with Gasteiger partial charge in [-0.05, 0) is 31.4 Å². The Bertz CT molecular complexity index is 565. The molecule has 0 amide bonds. The molecule has 1 fully saturated rings. The van der Waals surface area contributed by atoms with E-state index in [4.69, 9.17) is 14.2 Å². The van der Waals surface area contributed by atoms with Crippen LogP contribution >= 0.6 is 0 Å². The fourth-order valence-corrected chi connectivity index (χ4v) is 2.77. The van der Waals surface area contributed by atoms with Gasteiger partial charge in [-0.1, -0.05) is 19.1 Å². The molecule has 1 aliphatic rings. The first-order valence-electron chi connectivity index (χ1n) is 9.74. The summed E-state index contributed by atoms with van der Waals surface area (Å²) in [5, 5.41) is 6.49. The summed E-state index contributed by atoms with van der Waals surface area (Å²) >= 11 is 0. The first-order valence-corrected chi connectivity index (χ1v) is 9.74. The summed E-state index contributed by atoms with van der Waals surface area (Å²) in [6.45, 7) is 6.50. The minimum absolute atomic E-state index is 0.141. The first kappa shape index (κ1) is 21.4. The maximum atomic E-state index is 13.7. The molecular weight excluding hydrogens is 349 g/mol. The molecule has 2 atom stereocenters. The van der Waals surface area contributed by atoms with Gasteiger partial charge in [-0.25, -0.2) is 4.39 Å². The summed E-state index contributed by atoms with van der Waals surface area (Å²) in [5.74, 6) is 1.18. The van der Waals surface area contributed by atoms with E-state index in [1.807, 2.05) is 6.92 Å². The lowest BCUT2D eigenvalue weighted by atomic mass is 10.1. The molecule has 0 bridgehead atoms. The second-order valence-electron chi connectivity index (χ2n) is 6.62. The number of guanidine groups is 1. The van der Waals surface area contributed by atoms with Gasteiger partial charge in [-0.2, -0.15) is 0 Å². The zero-order chi connectivity index (χ0) is 19.3. The molecule has 152 valence electrons. The van der Waals surface area contributed by atoms with E-state index < -0.39 is 0 Å². The highest BCUT2D eigenvalue weighted by atomic mass is 19.1. The Balaban J connectivity index is 1.59. The molecule has 1 aliphatic heterocycles. The summed E-state index contributed by atoms with van der Waals surface area (Å²) < 4.78 is 30.5. The van der Waals surface area contributed by atoms with Crippen molar-refractivity contribution in [1.82, 2.24) is 10.6 Å². The summed E-state index contributed by atoms with van der Waals surface area (Å²) in [4.78, 5) is 4.21. The van der Waals surface area contributed by atoms with Crippen molar-refractivity contribution < 1.29 is 18.6 Å². The third kappa shape index (κ3) is 8.13. The van der Waals surface area contributed by atoms with Gasteiger partial charge in [0.2, 0.25) is 0 Å². The lowest BCUT2D eigenvalue weighted by Crippen LogP contribution is -2.43. The van der Waals surface area contributed by atoms with Gasteiger partial charge in [0, 0.05) is 32.7 Å². The smallest absolute Gasteiger partial charge is 0.191 e. The Hall–Kier alpha value is -1.86. The highest BCUT2D eigenvalue weighted by Crippen LogP contribution is 2.17. The minimum Gasteiger partial charge on any atom is -0.486 e. The van der Waals surface area contributed by atoms with Crippen LogP contribution in [0.5, 0.6) is 5.75 Å². The Morgan fingerprint density at radius 1 is 1.37 bits per heavy atom. The summed E-state index contributed by atoms with van der Waals surface area (Å²) in [5.41, 5.74) is 0. The van der Waals surface area contributed by atoms with Crippen LogP contribution in [0.3, 0.4) is 0 Å². The van der Waals surface area contributed by atoms with E-state index in [0.29, 0.717) is 25.0 Å². The van der Waals surface area contributed by atoms with Gasteiger partial charge in [-0.15, -0.1) is 0 Å². The van der Waals surface area contributed by atoms with Crippen molar-refractivity contribution >= 4 is 5.96 Å². The number of ether oxygens (including phenoxy) is 3. The highest BCUT2D eigenvalue weighted by Gasteiger charge is 2.15. The van der Waals surface area contributed by atoms with Crippen molar-refractivity contribution in [3.05, 3.63) is 30.1 Å². The van der Waals surface area contributed by atoms with Gasteiger partial charge in [0.15, 0.2) is 17.5 Å². The van der Waals surface area contributed by atoms with Crippen molar-refractivity contribution in [3.8, 4) is 5.75 Å². The number of nitrogens with one attached hydrogen (secondary N) is 2. The first-order chi connectivity index (χ1) is 13.2. The fraction of sp³-hybridized carbons (Fsp3) is 0.650. The van der Waals surface area contributed by atoms with Gasteiger partial charge in [0.25, 0.3) is 0 Å². The summed E-state index contributed by atoms with van der Waals surface area (Å²) in [6.07, 6.45) is 2.62. The molecule has 0 aliphatic carbocycles. The molecule has 0 radical (unpaired) electrons. The Morgan fingerprint density at radius 2 is 2.22 bits per heavy atom. The van der Waals surface area contributed by atoms with E-state index in [0.717, 1.165) is 45.6 Å². The summed E-state index contributed by atoms with van der Waals surface area (Å²) in [6, 6.07) is 6.46. The number of hydrogen-bond donors (Lipinski definition) is 2. The number of para-hydroxylation sites is 1. The highest BCUT2D eigenvalue weighted by molar-refractivity contribution is 5.79. The molecule has 0 aromatic heterocycles. The van der Waals surface area contributed by atoms with Crippen LogP contribution in [0.25, 0.3) is 0 Å². The second kappa shape index (κ2) is 12.5. The lowest BCUT2D eigenvalue weighted by Gasteiger charge is -2.20. The van der Waals surface area contributed by atoms with Crippen molar-refractivity contribution in [1.29, 1.82) is 0 Å². The normalized spacial score (nSPS) is 18.3. The molecule has 1 heterocycles. The number of halogens is 1. The lowest BCUT2D eigenvalue weighted by molar-refractivity contribution is 0.0888. The second-order valence-corrected chi connectivity index (χ2v) is 6.62. The monoisotopic (exact) mass is 381 g/mol. The van der Waals surface area contributed by atoms with E-state index in [-0.39, 0.29) is 17.7 Å². The predicted octanol–water partition coefficient (Wildman–Crippen LogP) is 2.59. The standard InChI is InChI=1S/C20H32FN3O3/c1-3-17(27-19-8-5-4-7-18(19)21)13-24-20(22-2)23-10-6-11-25-14-16-9-12-26-15-16/h4-5,7-8,16-17H,3,6,9-15H2,1-2H3,(H2,22,23,24). The average molecular weight is 381 g/mol. The number of rotatable bonds is 11. The maximum absolute atomic E-state index is 13.7. The quantitative estimate of drug-likeness (QED) is 0.350. The molecule has 1 saturated heterocycles. The van der Waals surface area contributed by atoms with E-state index in [2.05, 4.69) is 15.6 Å². The van der Waals surface area contributed by atoms with Crippen molar-refractivity contribution in [2.45, 2.75) is 32.3 Å². The van der Waals surface area contributed by atoms with Gasteiger partial charge >= 0.3 is 0 Å². The topological polar surface area (TPSA) is 64.1 Å². The van der Waals surface area contributed by atoms with Crippen LogP contribution in [0.1, 0.15) is 26.2 Å². The van der Waals surface area contributed by atoms with Crippen LogP contribution in [0, 0.1) is 11.7 Å². The van der Waals surface area contributed by atoms with Gasteiger partial charge in [0.05, 0.1) is 19.8 Å². The molecule has 6 nitrogen and oxygen atoms in total. The molecule has 1 aromatic carbocycles. The van der Waals surface area contributed by atoms with Crippen LogP contribution < -0.4 is 15.4 Å². The molecule has 2 N–H and O–H groups in total. The number of hydrogen-bond acceptors (Lipinski definition) is 4. The third-order valence-corrected chi connectivity index (χ3v) is 4.44. The van der Waals surface area contributed by atoms with E-state index in [1.54, 1.807) is 25.2 Å². The molecule has 7 heteroatoms. The average Bonchev–Trinajstić information content (AvgIpc) is 3.20. The van der Waals surface area contributed by atoms with Crippen molar-refractivity contribution in [3.63, 3.8) is 0 Å². The van der Waals surface area contributed by atoms with E-state index >= 15 is 0 Å². The van der Waals surface area contributed by atoms with Gasteiger partial charge < -0.3 is 24.8 Å². The molecule has 0 spiro atoms. The number of aliphatic imine (C=N–C) groups is 1. The van der Waals surface area contributed by atoms with Gasteiger partial charge in [-0.3, -0.25) is 4.99 Å². The zero-order valence-electron chi connectivity index (χ0n) is 16.4. The number of benzene rings is 1. The van der Waals surface area contributed by atoms with E-state index in [9.17, 15) is 4.39 Å². The van der Waals surface area contributed by atoms with E-state index in [1.165, 1.54) is 6.07 Å². The molecule has 2 rings (SSSR count). The van der Waals surface area contributed by atoms with Gasteiger partial charge in [0.1, 0.15) is 6.10 Å². The molecule has 27 heavy (non-hydrogen) atoms. The van der Waals surface area contributed by atoms with Crippen LogP contribution in [0.4, 0.5) is 4.39 Å². The van der Waals surface area contributed by atoms with Crippen molar-refractivity contribution in [2.24, 2.45) is 10.9 Å². The largest absolute Gasteiger partial charge is 0.486 e. The fourth-order valence-electron chi connectivity index (χ4n) is 2.77. The molecule has 2 unspecified atom stereocenters. The Morgan fingerprint density at radius 3 is 2.93 bits per heavy atom. The SMILES string of the molecule is CCC(CNC(=NC)NCCCOCC1CCOC1)Oc1ccccc1F. The molecule has 1 aromatic rings. The van der Waals surface area contributed by atoms with Crippen molar-refractivity contribution in [2.75, 3.05) is 46.6 Å². The van der Waals surface area contributed by atoms with Crippen LogP contribution in [-0.2, 0) is 9.47 Å². The minimum atomic E-state index is -0.345. The number of nitrogens with zero attached hydrogens (tertiary/aromatic N) is 1. The predicted molar refractivity (Wildman–Crippen MR) is 105 cm³/mol. The third-order valence-electron chi connectivity index (χ3n) is 4.44. The molecular formula is C20H32FN3O3. The molecule has 0 saturated carbocycles. The van der Waals surface area contributed by atoms with Crippen LogP contribution in [-0.4, -0.2) is 58.6 Å².